The molecule has 1 aliphatic rings. The molecule has 0 aliphatic carbocycles. The van der Waals surface area contributed by atoms with E-state index in [1.807, 2.05) is 12.1 Å². The molecule has 0 bridgehead atoms. The van der Waals surface area contributed by atoms with Gasteiger partial charge in [-0.3, -0.25) is 10.1 Å². The third kappa shape index (κ3) is 3.90. The molecule has 0 spiro atoms. The smallest absolute Gasteiger partial charge is 0.318 e. The molecule has 2 N–H and O–H groups in total. The van der Waals surface area contributed by atoms with Gasteiger partial charge in [0.05, 0.1) is 4.70 Å². The lowest BCUT2D eigenvalue weighted by atomic mass is 10.2. The molecule has 3 heterocycles. The summed E-state index contributed by atoms with van der Waals surface area (Å²) in [6.45, 7) is 4.19. The van der Waals surface area contributed by atoms with Crippen molar-refractivity contribution in [2.45, 2.75) is 13.0 Å². The molecule has 3 amide bonds. The van der Waals surface area contributed by atoms with Gasteiger partial charge in [0.15, 0.2) is 0 Å². The summed E-state index contributed by atoms with van der Waals surface area (Å²) in [7, 11) is 0. The van der Waals surface area contributed by atoms with Crippen molar-refractivity contribution in [1.82, 2.24) is 24.8 Å². The zero-order valence-electron chi connectivity index (χ0n) is 15.2. The van der Waals surface area contributed by atoms with Crippen LogP contribution >= 0.6 is 22.9 Å². The Morgan fingerprint density at radius 1 is 1.18 bits per heavy atom. The number of hydrogen-bond donors (Lipinski definition) is 2. The molecule has 146 valence electrons. The van der Waals surface area contributed by atoms with Crippen LogP contribution in [0.1, 0.15) is 6.92 Å². The second-order valence-corrected chi connectivity index (χ2v) is 8.02. The minimum atomic E-state index is -0.670. The number of carbonyl (C=O) groups excluding carboxylic acids is 2. The van der Waals surface area contributed by atoms with E-state index < -0.39 is 6.04 Å². The maximum absolute atomic E-state index is 12.5. The Kier molecular flexibility index (Phi) is 5.35. The first-order chi connectivity index (χ1) is 13.6. The summed E-state index contributed by atoms with van der Waals surface area (Å²) in [5.74, 6) is 0.656. The number of amides is 3. The first kappa shape index (κ1) is 18.6. The van der Waals surface area contributed by atoms with Gasteiger partial charge < -0.3 is 15.1 Å². The lowest BCUT2D eigenvalue weighted by Gasteiger charge is -2.35. The third-order valence-electron chi connectivity index (χ3n) is 4.55. The molecular formula is C17H19N7O2S2. The number of benzene rings is 1. The second kappa shape index (κ2) is 8.07. The van der Waals surface area contributed by atoms with Gasteiger partial charge in [-0.2, -0.15) is 4.37 Å². The van der Waals surface area contributed by atoms with Crippen molar-refractivity contribution in [3.8, 4) is 0 Å². The summed E-state index contributed by atoms with van der Waals surface area (Å²) in [5, 5.41) is 14.4. The molecule has 2 aromatic heterocycles. The molecular weight excluding hydrogens is 398 g/mol. The number of carbonyl (C=O) groups is 2. The quantitative estimate of drug-likeness (QED) is 0.673. The van der Waals surface area contributed by atoms with Crippen LogP contribution in [0.3, 0.4) is 0 Å². The molecule has 1 fully saturated rings. The highest BCUT2D eigenvalue weighted by atomic mass is 32.1. The molecule has 28 heavy (non-hydrogen) atoms. The Labute approximate surface area is 169 Å². The van der Waals surface area contributed by atoms with Crippen LogP contribution in [0, 0.1) is 0 Å². The van der Waals surface area contributed by atoms with Gasteiger partial charge in [-0.15, -0.1) is 10.2 Å². The predicted molar refractivity (Wildman–Crippen MR) is 110 cm³/mol. The summed E-state index contributed by atoms with van der Waals surface area (Å²) in [6, 6.07) is 7.24. The normalized spacial score (nSPS) is 15.5. The van der Waals surface area contributed by atoms with Gasteiger partial charge in [-0.1, -0.05) is 23.5 Å². The maximum Gasteiger partial charge on any atom is 0.318 e. The van der Waals surface area contributed by atoms with Crippen molar-refractivity contribution in [2.75, 3.05) is 36.4 Å². The minimum absolute atomic E-state index is 0.248. The number of rotatable bonds is 4. The van der Waals surface area contributed by atoms with E-state index in [2.05, 4.69) is 42.2 Å². The Hall–Kier alpha value is -2.79. The maximum atomic E-state index is 12.5. The fourth-order valence-corrected chi connectivity index (χ4v) is 4.25. The molecule has 1 aromatic carbocycles. The topological polar surface area (TPSA) is 103 Å². The predicted octanol–water partition coefficient (Wildman–Crippen LogP) is 2.01. The highest BCUT2D eigenvalue weighted by Crippen LogP contribution is 2.29. The van der Waals surface area contributed by atoms with E-state index in [1.54, 1.807) is 11.8 Å². The van der Waals surface area contributed by atoms with Crippen molar-refractivity contribution in [1.29, 1.82) is 0 Å². The lowest BCUT2D eigenvalue weighted by Crippen LogP contribution is -2.54. The van der Waals surface area contributed by atoms with Gasteiger partial charge in [0, 0.05) is 31.6 Å². The Morgan fingerprint density at radius 2 is 1.96 bits per heavy atom. The SMILES string of the molecule is CC(NC(=O)N1CCN(c2nsc3ccccc23)CC1)C(=O)Nc1nncs1. The van der Waals surface area contributed by atoms with Crippen molar-refractivity contribution in [3.63, 3.8) is 0 Å². The van der Waals surface area contributed by atoms with Crippen LogP contribution in [0.4, 0.5) is 15.7 Å². The van der Waals surface area contributed by atoms with Gasteiger partial charge in [0.1, 0.15) is 17.4 Å². The fourth-order valence-electron chi connectivity index (χ4n) is 3.01. The van der Waals surface area contributed by atoms with E-state index >= 15 is 0 Å². The van der Waals surface area contributed by atoms with Crippen molar-refractivity contribution in [2.24, 2.45) is 0 Å². The fraction of sp³-hybridized carbons (Fsp3) is 0.353. The van der Waals surface area contributed by atoms with Crippen LogP contribution in [0.2, 0.25) is 0 Å². The molecule has 0 radical (unpaired) electrons. The number of nitrogens with one attached hydrogen (secondary N) is 2. The number of urea groups is 1. The first-order valence-corrected chi connectivity index (χ1v) is 10.5. The monoisotopic (exact) mass is 417 g/mol. The highest BCUT2D eigenvalue weighted by molar-refractivity contribution is 7.14. The number of anilines is 2. The summed E-state index contributed by atoms with van der Waals surface area (Å²) in [5.41, 5.74) is 1.53. The van der Waals surface area contributed by atoms with Crippen molar-refractivity contribution >= 4 is 55.8 Å². The number of fused-ring (bicyclic) bond motifs is 1. The average molecular weight is 418 g/mol. The van der Waals surface area contributed by atoms with Crippen LogP contribution in [-0.2, 0) is 4.79 Å². The standard InChI is InChI=1S/C17H19N7O2S2/c1-11(15(25)20-16-21-18-10-27-16)19-17(26)24-8-6-23(7-9-24)14-12-4-2-3-5-13(12)28-22-14/h2-5,10-11H,6-9H2,1H3,(H,19,26)(H,20,21,25). The number of piperazine rings is 1. The zero-order chi connectivity index (χ0) is 19.5. The molecule has 1 unspecified atom stereocenters. The van der Waals surface area contributed by atoms with Crippen molar-refractivity contribution in [3.05, 3.63) is 29.8 Å². The van der Waals surface area contributed by atoms with E-state index in [1.165, 1.54) is 28.4 Å². The largest absolute Gasteiger partial charge is 0.352 e. The Bertz CT molecular complexity index is 967. The second-order valence-electron chi connectivity index (χ2n) is 6.38. The van der Waals surface area contributed by atoms with Crippen LogP contribution in [0.25, 0.3) is 10.1 Å². The van der Waals surface area contributed by atoms with Gasteiger partial charge in [0.25, 0.3) is 0 Å². The van der Waals surface area contributed by atoms with E-state index in [0.717, 1.165) is 15.9 Å². The van der Waals surface area contributed by atoms with Crippen LogP contribution in [-0.4, -0.2) is 63.6 Å². The number of nitrogens with zero attached hydrogens (tertiary/aromatic N) is 5. The van der Waals surface area contributed by atoms with Gasteiger partial charge in [-0.05, 0) is 30.6 Å². The summed E-state index contributed by atoms with van der Waals surface area (Å²) >= 11 is 2.72. The molecule has 1 aliphatic heterocycles. The zero-order valence-corrected chi connectivity index (χ0v) is 16.8. The summed E-state index contributed by atoms with van der Waals surface area (Å²) in [6.07, 6.45) is 0. The molecule has 1 saturated heterocycles. The summed E-state index contributed by atoms with van der Waals surface area (Å²) < 4.78 is 5.74. The highest BCUT2D eigenvalue weighted by Gasteiger charge is 2.26. The molecule has 1 atom stereocenters. The third-order valence-corrected chi connectivity index (χ3v) is 5.97. The van der Waals surface area contributed by atoms with E-state index in [9.17, 15) is 9.59 Å². The van der Waals surface area contributed by atoms with E-state index in [0.29, 0.717) is 31.3 Å². The van der Waals surface area contributed by atoms with Crippen LogP contribution in [0.5, 0.6) is 0 Å². The molecule has 9 nitrogen and oxygen atoms in total. The van der Waals surface area contributed by atoms with Crippen LogP contribution in [0.15, 0.2) is 29.8 Å². The molecule has 11 heteroatoms. The van der Waals surface area contributed by atoms with Gasteiger partial charge in [0.2, 0.25) is 11.0 Å². The Morgan fingerprint density at radius 3 is 2.71 bits per heavy atom. The average Bonchev–Trinajstić information content (AvgIpc) is 3.37. The first-order valence-electron chi connectivity index (χ1n) is 8.83. The minimum Gasteiger partial charge on any atom is -0.352 e. The summed E-state index contributed by atoms with van der Waals surface area (Å²) in [4.78, 5) is 28.6. The molecule has 0 saturated carbocycles. The Balaban J connectivity index is 1.30. The molecule has 4 rings (SSSR count). The lowest BCUT2D eigenvalue weighted by molar-refractivity contribution is -0.117. The van der Waals surface area contributed by atoms with Crippen LogP contribution < -0.4 is 15.5 Å². The number of hydrogen-bond acceptors (Lipinski definition) is 8. The van der Waals surface area contributed by atoms with E-state index in [4.69, 9.17) is 0 Å². The van der Waals surface area contributed by atoms with E-state index in [-0.39, 0.29) is 11.9 Å². The number of aromatic nitrogens is 3. The molecule has 3 aromatic rings. The van der Waals surface area contributed by atoms with Gasteiger partial charge >= 0.3 is 6.03 Å². The van der Waals surface area contributed by atoms with Crippen molar-refractivity contribution < 1.29 is 9.59 Å². The van der Waals surface area contributed by atoms with Gasteiger partial charge in [-0.25, -0.2) is 4.79 Å².